The third-order valence-corrected chi connectivity index (χ3v) is 6.22. The lowest BCUT2D eigenvalue weighted by Gasteiger charge is -2.64. The van der Waals surface area contributed by atoms with Crippen LogP contribution in [-0.4, -0.2) is 50.7 Å². The number of halogens is 5. The zero-order valence-electron chi connectivity index (χ0n) is 17.6. The Balaban J connectivity index is 1.72. The van der Waals surface area contributed by atoms with Crippen molar-refractivity contribution >= 4 is 18.4 Å². The quantitative estimate of drug-likeness (QED) is 0.316. The average Bonchev–Trinajstić information content (AvgIpc) is 2.76. The number of alkyl halides is 3. The summed E-state index contributed by atoms with van der Waals surface area (Å²) in [5, 5.41) is 16.8. The minimum Gasteiger partial charge on any atom is -0.322 e. The number of fused-ring (bicyclic) bond motifs is 2. The van der Waals surface area contributed by atoms with Gasteiger partial charge in [0.15, 0.2) is 11.6 Å². The van der Waals surface area contributed by atoms with Crippen molar-refractivity contribution in [3.8, 4) is 11.4 Å². The van der Waals surface area contributed by atoms with E-state index in [9.17, 15) is 22.0 Å². The third kappa shape index (κ3) is 4.26. The summed E-state index contributed by atoms with van der Waals surface area (Å²) in [4.78, 5) is 8.68. The molecule has 0 radical (unpaired) electrons. The number of nitrogens with one attached hydrogen (secondary N) is 3. The molecule has 0 amide bonds. The van der Waals surface area contributed by atoms with E-state index in [0.29, 0.717) is 24.9 Å². The highest BCUT2D eigenvalue weighted by atomic mass is 19.4. The van der Waals surface area contributed by atoms with Gasteiger partial charge in [0.2, 0.25) is 0 Å². The average molecular weight is 467 g/mol. The number of hydrogen-bond acceptors (Lipinski definition) is 6. The van der Waals surface area contributed by atoms with Crippen LogP contribution in [0, 0.1) is 28.4 Å². The summed E-state index contributed by atoms with van der Waals surface area (Å²) < 4.78 is 68.9. The van der Waals surface area contributed by atoms with E-state index in [1.54, 1.807) is 0 Å². The van der Waals surface area contributed by atoms with E-state index < -0.39 is 34.5 Å². The molecule has 2 bridgehead atoms. The van der Waals surface area contributed by atoms with Gasteiger partial charge in [0.25, 0.3) is 0 Å². The molecule has 2 aliphatic heterocycles. The molecule has 5 rings (SSSR count). The molecule has 2 saturated heterocycles. The Kier molecular flexibility index (Phi) is 5.81. The van der Waals surface area contributed by atoms with Crippen LogP contribution in [0.4, 0.5) is 27.6 Å². The van der Waals surface area contributed by atoms with E-state index in [2.05, 4.69) is 22.3 Å². The first-order chi connectivity index (χ1) is 15.6. The molecule has 176 valence electrons. The van der Waals surface area contributed by atoms with Crippen LogP contribution in [0.2, 0.25) is 0 Å². The highest BCUT2D eigenvalue weighted by Crippen LogP contribution is 2.50. The summed E-state index contributed by atoms with van der Waals surface area (Å²) in [5.41, 5.74) is 0.511. The standard InChI is InChI=1S/C21H22F5N7/c1-12-2-14-6-20(5-12,9-32(10-27)11-28)33(14)31-18-3-15(19-29-7-13(22)8-30-19)16(4-17(18)23)21(24,25)26/h3-4,7-8,10-12,14,27-28,31H,2,5-6,9H2,1H3/t12-,14?,20?/m0/s1. The van der Waals surface area contributed by atoms with Crippen molar-refractivity contribution in [2.75, 3.05) is 12.0 Å². The van der Waals surface area contributed by atoms with E-state index >= 15 is 0 Å². The van der Waals surface area contributed by atoms with Gasteiger partial charge in [-0.3, -0.25) is 10.8 Å². The summed E-state index contributed by atoms with van der Waals surface area (Å²) in [5.74, 6) is -1.92. The molecule has 0 spiro atoms. The van der Waals surface area contributed by atoms with Gasteiger partial charge in [0.1, 0.15) is 5.82 Å². The van der Waals surface area contributed by atoms with Crippen LogP contribution < -0.4 is 5.43 Å². The molecule has 3 fully saturated rings. The van der Waals surface area contributed by atoms with Gasteiger partial charge < -0.3 is 10.3 Å². The van der Waals surface area contributed by atoms with Crippen molar-refractivity contribution in [3.05, 3.63) is 41.7 Å². The molecule has 2 unspecified atom stereocenters. The molecule has 1 aromatic heterocycles. The Morgan fingerprint density at radius 1 is 1.18 bits per heavy atom. The first-order valence-electron chi connectivity index (χ1n) is 10.3. The largest absolute Gasteiger partial charge is 0.417 e. The Morgan fingerprint density at radius 3 is 2.45 bits per heavy atom. The summed E-state index contributed by atoms with van der Waals surface area (Å²) in [6, 6.07) is 1.40. The van der Waals surface area contributed by atoms with Crippen molar-refractivity contribution in [2.24, 2.45) is 5.92 Å². The number of nitrogens with zero attached hydrogens (tertiary/aromatic N) is 4. The van der Waals surface area contributed by atoms with Gasteiger partial charge in [-0.25, -0.2) is 23.8 Å². The predicted molar refractivity (Wildman–Crippen MR) is 112 cm³/mol. The molecule has 3 N–H and O–H groups in total. The smallest absolute Gasteiger partial charge is 0.322 e. The van der Waals surface area contributed by atoms with Crippen LogP contribution in [0.15, 0.2) is 24.5 Å². The van der Waals surface area contributed by atoms with E-state index in [1.807, 2.05) is 5.01 Å². The van der Waals surface area contributed by atoms with E-state index in [0.717, 1.165) is 44.0 Å². The highest BCUT2D eigenvalue weighted by molar-refractivity contribution is 5.72. The second-order valence-corrected chi connectivity index (χ2v) is 8.64. The number of piperidine rings is 1. The molecule has 1 aromatic carbocycles. The van der Waals surface area contributed by atoms with Crippen LogP contribution >= 0.6 is 0 Å². The molecule has 7 nitrogen and oxygen atoms in total. The number of anilines is 1. The molecule has 2 aromatic rings. The summed E-state index contributed by atoms with van der Waals surface area (Å²) >= 11 is 0. The number of hydrogen-bond donors (Lipinski definition) is 3. The molecule has 12 heteroatoms. The molecule has 1 saturated carbocycles. The van der Waals surface area contributed by atoms with Crippen molar-refractivity contribution in [2.45, 2.75) is 43.9 Å². The van der Waals surface area contributed by atoms with Crippen LogP contribution in [0.25, 0.3) is 11.4 Å². The van der Waals surface area contributed by atoms with Crippen molar-refractivity contribution < 1.29 is 22.0 Å². The molecule has 3 heterocycles. The number of hydrazine groups is 1. The van der Waals surface area contributed by atoms with E-state index in [4.69, 9.17) is 10.8 Å². The molecule has 1 aliphatic carbocycles. The fourth-order valence-corrected chi connectivity index (χ4v) is 5.01. The fourth-order valence-electron chi connectivity index (χ4n) is 5.01. The van der Waals surface area contributed by atoms with Crippen LogP contribution in [0.5, 0.6) is 0 Å². The topological polar surface area (TPSA) is 92.0 Å². The van der Waals surface area contributed by atoms with Gasteiger partial charge >= 0.3 is 6.18 Å². The van der Waals surface area contributed by atoms with Crippen LogP contribution in [0.1, 0.15) is 31.7 Å². The molecular weight excluding hydrogens is 445 g/mol. The van der Waals surface area contributed by atoms with Crippen molar-refractivity contribution in [1.82, 2.24) is 19.9 Å². The Morgan fingerprint density at radius 2 is 1.85 bits per heavy atom. The van der Waals surface area contributed by atoms with Gasteiger partial charge in [-0.2, -0.15) is 13.2 Å². The monoisotopic (exact) mass is 467 g/mol. The second kappa shape index (κ2) is 8.32. The molecule has 3 aliphatic rings. The lowest BCUT2D eigenvalue weighted by Crippen LogP contribution is -2.74. The Bertz CT molecular complexity index is 1050. The highest BCUT2D eigenvalue weighted by Gasteiger charge is 2.57. The summed E-state index contributed by atoms with van der Waals surface area (Å²) in [6.45, 7) is 2.39. The first-order valence-corrected chi connectivity index (χ1v) is 10.3. The summed E-state index contributed by atoms with van der Waals surface area (Å²) in [6.07, 6.45) is 0.954. The lowest BCUT2D eigenvalue weighted by molar-refractivity contribution is -0.137. The maximum Gasteiger partial charge on any atom is 0.417 e. The zero-order valence-corrected chi connectivity index (χ0v) is 17.6. The second-order valence-electron chi connectivity index (χ2n) is 8.64. The minimum atomic E-state index is -4.87. The Hall–Kier alpha value is -3.15. The maximum atomic E-state index is 14.9. The molecular formula is C21H22F5N7. The SMILES string of the molecule is C[C@H]1CC2CC(CN(C=N)C=N)(C1)N2Nc1cc(-c2ncc(F)cn2)c(C(F)(F)F)cc1F. The minimum absolute atomic E-state index is 0.0271. The van der Waals surface area contributed by atoms with Gasteiger partial charge in [0, 0.05) is 18.2 Å². The van der Waals surface area contributed by atoms with Crippen LogP contribution in [0.3, 0.4) is 0 Å². The summed E-state index contributed by atoms with van der Waals surface area (Å²) in [7, 11) is 0. The van der Waals surface area contributed by atoms with Crippen molar-refractivity contribution in [1.29, 1.82) is 10.8 Å². The molecule has 3 atom stereocenters. The van der Waals surface area contributed by atoms with Gasteiger partial charge in [-0.1, -0.05) is 6.92 Å². The first kappa shape index (κ1) is 23.0. The van der Waals surface area contributed by atoms with Crippen LogP contribution in [-0.2, 0) is 6.18 Å². The predicted octanol–water partition coefficient (Wildman–Crippen LogP) is 4.53. The fraction of sp³-hybridized carbons (Fsp3) is 0.429. The van der Waals surface area contributed by atoms with E-state index in [-0.39, 0.29) is 17.6 Å². The number of aromatic nitrogens is 2. The normalized spacial score (nSPS) is 24.7. The van der Waals surface area contributed by atoms with Gasteiger partial charge in [-0.05, 0) is 37.3 Å². The van der Waals surface area contributed by atoms with Gasteiger partial charge in [-0.15, -0.1) is 0 Å². The zero-order chi connectivity index (χ0) is 24.0. The number of benzene rings is 1. The van der Waals surface area contributed by atoms with Gasteiger partial charge in [0.05, 0.1) is 41.9 Å². The van der Waals surface area contributed by atoms with Crippen molar-refractivity contribution in [3.63, 3.8) is 0 Å². The lowest BCUT2D eigenvalue weighted by atomic mass is 9.65. The van der Waals surface area contributed by atoms with E-state index in [1.165, 1.54) is 4.90 Å². The maximum absolute atomic E-state index is 14.9. The Labute approximate surface area is 186 Å². The molecule has 33 heavy (non-hydrogen) atoms. The number of rotatable bonds is 7. The third-order valence-electron chi connectivity index (χ3n) is 6.22.